The predicted molar refractivity (Wildman–Crippen MR) is 152 cm³/mol. The Morgan fingerprint density at radius 2 is 1.93 bits per heavy atom. The summed E-state index contributed by atoms with van der Waals surface area (Å²) >= 11 is 6.38. The van der Waals surface area contributed by atoms with Gasteiger partial charge in [-0.3, -0.25) is 4.79 Å². The summed E-state index contributed by atoms with van der Waals surface area (Å²) in [7, 11) is 1.64. The number of ether oxygens (including phenoxy) is 1. The maximum atomic E-state index is 13.9. The van der Waals surface area contributed by atoms with E-state index in [9.17, 15) is 4.79 Å². The van der Waals surface area contributed by atoms with Crippen molar-refractivity contribution in [2.45, 2.75) is 26.1 Å². The van der Waals surface area contributed by atoms with E-state index in [1.165, 1.54) is 0 Å². The van der Waals surface area contributed by atoms with Gasteiger partial charge in [0, 0.05) is 40.9 Å². The number of para-hydroxylation sites is 1. The van der Waals surface area contributed by atoms with Crippen molar-refractivity contribution in [1.82, 2.24) is 19.1 Å². The lowest BCUT2D eigenvalue weighted by Gasteiger charge is -2.23. The summed E-state index contributed by atoms with van der Waals surface area (Å²) in [6.07, 6.45) is 5.61. The smallest absolute Gasteiger partial charge is 0.233 e. The molecule has 0 spiro atoms. The van der Waals surface area contributed by atoms with Crippen molar-refractivity contribution in [3.63, 3.8) is 0 Å². The third kappa shape index (κ3) is 4.95. The fraction of sp³-hybridized carbons (Fsp3) is 0.161. The van der Waals surface area contributed by atoms with Gasteiger partial charge in [-0.05, 0) is 53.6 Å². The van der Waals surface area contributed by atoms with E-state index >= 15 is 0 Å². The highest BCUT2D eigenvalue weighted by atomic mass is 35.5. The highest BCUT2D eigenvalue weighted by Gasteiger charge is 2.27. The molecule has 0 unspecified atom stereocenters. The summed E-state index contributed by atoms with van der Waals surface area (Å²) in [4.78, 5) is 24.9. The fourth-order valence-electron chi connectivity index (χ4n) is 5.05. The van der Waals surface area contributed by atoms with Crippen molar-refractivity contribution < 1.29 is 9.53 Å². The lowest BCUT2D eigenvalue weighted by molar-refractivity contribution is -0.118. The number of fused-ring (bicyclic) bond motifs is 2. The molecule has 1 aliphatic heterocycles. The molecule has 3 aromatic carbocycles. The highest BCUT2D eigenvalue weighted by Crippen LogP contribution is 2.34. The van der Waals surface area contributed by atoms with Crippen LogP contribution in [-0.4, -0.2) is 32.1 Å². The number of anilines is 1. The molecule has 0 saturated carbocycles. The van der Waals surface area contributed by atoms with Crippen LogP contribution in [0, 0.1) is 11.3 Å². The fourth-order valence-corrected chi connectivity index (χ4v) is 5.24. The molecule has 0 aliphatic carbocycles. The van der Waals surface area contributed by atoms with Crippen molar-refractivity contribution in [3.8, 4) is 23.1 Å². The Hall–Kier alpha value is -4.87. The molecular weight excluding hydrogens is 524 g/mol. The summed E-state index contributed by atoms with van der Waals surface area (Å²) in [5.74, 6) is 1.44. The Kier molecular flexibility index (Phi) is 6.81. The Labute approximate surface area is 236 Å². The number of carbonyl (C=O) groups excluding carboxylic acids is 1. The molecule has 0 fully saturated rings. The minimum absolute atomic E-state index is 0.0690. The maximum Gasteiger partial charge on any atom is 0.233 e. The van der Waals surface area contributed by atoms with E-state index in [-0.39, 0.29) is 12.3 Å². The van der Waals surface area contributed by atoms with Gasteiger partial charge in [0.2, 0.25) is 5.91 Å². The summed E-state index contributed by atoms with van der Waals surface area (Å²) in [6.45, 7) is 1.40. The first-order valence-corrected chi connectivity index (χ1v) is 13.2. The number of nitriles is 1. The van der Waals surface area contributed by atoms with Crippen molar-refractivity contribution in [2.75, 3.05) is 12.0 Å². The number of hydrogen-bond acceptors (Lipinski definition) is 5. The van der Waals surface area contributed by atoms with E-state index in [4.69, 9.17) is 26.6 Å². The molecule has 5 aromatic rings. The van der Waals surface area contributed by atoms with Gasteiger partial charge in [-0.15, -0.1) is 0 Å². The first kappa shape index (κ1) is 25.4. The quantitative estimate of drug-likeness (QED) is 0.281. The van der Waals surface area contributed by atoms with Gasteiger partial charge in [0.1, 0.15) is 11.6 Å². The molecule has 1 aliphatic rings. The number of nitrogens with zero attached hydrogens (tertiary/aromatic N) is 6. The molecule has 8 nitrogen and oxygen atoms in total. The van der Waals surface area contributed by atoms with E-state index in [1.54, 1.807) is 36.7 Å². The minimum atomic E-state index is -0.0690. The molecule has 2 aromatic heterocycles. The second kappa shape index (κ2) is 10.7. The first-order valence-electron chi connectivity index (χ1n) is 12.8. The van der Waals surface area contributed by atoms with E-state index < -0.39 is 0 Å². The van der Waals surface area contributed by atoms with Gasteiger partial charge in [-0.25, -0.2) is 9.97 Å². The van der Waals surface area contributed by atoms with Gasteiger partial charge >= 0.3 is 0 Å². The van der Waals surface area contributed by atoms with Crippen LogP contribution in [0.4, 0.5) is 5.69 Å². The molecule has 0 N–H and O–H groups in total. The summed E-state index contributed by atoms with van der Waals surface area (Å²) < 4.78 is 9.59. The van der Waals surface area contributed by atoms with Gasteiger partial charge in [0.15, 0.2) is 0 Å². The number of benzene rings is 3. The third-order valence-electron chi connectivity index (χ3n) is 7.08. The minimum Gasteiger partial charge on any atom is -0.496 e. The van der Waals surface area contributed by atoms with Crippen LogP contribution in [0.1, 0.15) is 28.2 Å². The van der Waals surface area contributed by atoms with Crippen molar-refractivity contribution in [2.24, 2.45) is 0 Å². The zero-order valence-corrected chi connectivity index (χ0v) is 22.5. The summed E-state index contributed by atoms with van der Waals surface area (Å²) in [5, 5.41) is 9.69. The van der Waals surface area contributed by atoms with Crippen molar-refractivity contribution >= 4 is 23.2 Å². The lowest BCUT2D eigenvalue weighted by Crippen LogP contribution is -2.32. The van der Waals surface area contributed by atoms with Gasteiger partial charge in [0.25, 0.3) is 0 Å². The van der Waals surface area contributed by atoms with Crippen molar-refractivity contribution in [3.05, 3.63) is 119 Å². The van der Waals surface area contributed by atoms with Gasteiger partial charge in [0.05, 0.1) is 50.3 Å². The number of halogens is 1. The molecule has 3 heterocycles. The monoisotopic (exact) mass is 548 g/mol. The molecule has 0 saturated heterocycles. The molecule has 0 atom stereocenters. The standard InChI is InChI=1S/C31H25ClN6O2/c1-40-29-5-3-2-4-26(29)27-18-36-17-23-12-24(32)10-11-28(23)38(19-30(36)35-27)31(39)13-25-15-34-20-37(25)16-22-8-6-21(14-33)7-9-22/h2-12,15,18,20H,13,16-17,19H2,1H3. The largest absolute Gasteiger partial charge is 0.496 e. The first-order chi connectivity index (χ1) is 19.5. The van der Waals surface area contributed by atoms with Gasteiger partial charge in [-0.1, -0.05) is 35.9 Å². The number of aromatic nitrogens is 4. The molecular formula is C31H25ClN6O2. The van der Waals surface area contributed by atoms with E-state index in [0.717, 1.165) is 45.3 Å². The Bertz CT molecular complexity index is 1750. The third-order valence-corrected chi connectivity index (χ3v) is 7.32. The van der Waals surface area contributed by atoms with E-state index in [0.29, 0.717) is 30.2 Å². The molecule has 1 amide bonds. The van der Waals surface area contributed by atoms with Gasteiger partial charge < -0.3 is 18.8 Å². The second-order valence-electron chi connectivity index (χ2n) is 9.62. The summed E-state index contributed by atoms with van der Waals surface area (Å²) in [6, 6.07) is 22.9. The molecule has 0 bridgehead atoms. The zero-order chi connectivity index (χ0) is 27.6. The average Bonchev–Trinajstić information content (AvgIpc) is 3.55. The van der Waals surface area contributed by atoms with Crippen LogP contribution in [-0.2, 0) is 30.8 Å². The topological polar surface area (TPSA) is 89.0 Å². The lowest BCUT2D eigenvalue weighted by atomic mass is 10.1. The van der Waals surface area contributed by atoms with Crippen molar-refractivity contribution in [1.29, 1.82) is 5.26 Å². The number of rotatable bonds is 6. The van der Waals surface area contributed by atoms with Crippen LogP contribution in [0.15, 0.2) is 85.5 Å². The SMILES string of the molecule is COc1ccccc1-c1cn2c(n1)CN(C(=O)Cc1cncn1Cc1ccc(C#N)cc1)c1ccc(Cl)cc1C2. The predicted octanol–water partition coefficient (Wildman–Crippen LogP) is 5.47. The van der Waals surface area contributed by atoms with Gasteiger partial charge in [-0.2, -0.15) is 5.26 Å². The average molecular weight is 549 g/mol. The van der Waals surface area contributed by atoms with Crippen LogP contribution >= 0.6 is 11.6 Å². The summed E-state index contributed by atoms with van der Waals surface area (Å²) in [5.41, 5.74) is 5.86. The van der Waals surface area contributed by atoms with Crippen LogP contribution in [0.5, 0.6) is 5.75 Å². The Balaban J connectivity index is 1.31. The highest BCUT2D eigenvalue weighted by molar-refractivity contribution is 6.30. The second-order valence-corrected chi connectivity index (χ2v) is 10.1. The molecule has 40 heavy (non-hydrogen) atoms. The van der Waals surface area contributed by atoms with E-state index in [1.807, 2.05) is 65.4 Å². The Morgan fingerprint density at radius 3 is 2.73 bits per heavy atom. The molecule has 0 radical (unpaired) electrons. The zero-order valence-electron chi connectivity index (χ0n) is 21.8. The van der Waals surface area contributed by atoms with Crippen LogP contribution in [0.25, 0.3) is 11.3 Å². The number of amides is 1. The van der Waals surface area contributed by atoms with E-state index in [2.05, 4.69) is 15.6 Å². The Morgan fingerprint density at radius 1 is 1.10 bits per heavy atom. The number of methoxy groups -OCH3 is 1. The van der Waals surface area contributed by atoms with Crippen LogP contribution in [0.2, 0.25) is 5.02 Å². The number of carbonyl (C=O) groups is 1. The molecule has 9 heteroatoms. The molecule has 6 rings (SSSR count). The maximum absolute atomic E-state index is 13.9. The van der Waals surface area contributed by atoms with Crippen LogP contribution < -0.4 is 9.64 Å². The number of hydrogen-bond donors (Lipinski definition) is 0. The normalized spacial score (nSPS) is 12.3. The van der Waals surface area contributed by atoms with Crippen LogP contribution in [0.3, 0.4) is 0 Å². The molecule has 198 valence electrons. The number of imidazole rings is 2.